The molecule has 1 aliphatic rings. The van der Waals surface area contributed by atoms with Crippen molar-refractivity contribution in [2.75, 3.05) is 17.2 Å². The lowest BCUT2D eigenvalue weighted by Gasteiger charge is -2.26. The van der Waals surface area contributed by atoms with Gasteiger partial charge in [0, 0.05) is 24.2 Å². The first-order chi connectivity index (χ1) is 13.4. The molecule has 28 heavy (non-hydrogen) atoms. The Morgan fingerprint density at radius 2 is 2.04 bits per heavy atom. The summed E-state index contributed by atoms with van der Waals surface area (Å²) in [5.41, 5.74) is 7.81. The van der Waals surface area contributed by atoms with Gasteiger partial charge in [-0.25, -0.2) is 4.98 Å². The van der Waals surface area contributed by atoms with Crippen LogP contribution in [-0.4, -0.2) is 27.5 Å². The van der Waals surface area contributed by atoms with Crippen molar-refractivity contribution in [2.24, 2.45) is 11.7 Å². The van der Waals surface area contributed by atoms with Crippen LogP contribution in [0.25, 0.3) is 0 Å². The van der Waals surface area contributed by atoms with Crippen molar-refractivity contribution in [3.05, 3.63) is 50.7 Å². The Morgan fingerprint density at radius 3 is 2.75 bits per heavy atom. The van der Waals surface area contributed by atoms with E-state index in [0.29, 0.717) is 30.0 Å². The monoisotopic (exact) mass is 404 g/mol. The molecule has 8 nitrogen and oxygen atoms in total. The van der Waals surface area contributed by atoms with Gasteiger partial charge in [0.25, 0.3) is 0 Å². The van der Waals surface area contributed by atoms with Crippen LogP contribution < -0.4 is 16.4 Å². The van der Waals surface area contributed by atoms with Gasteiger partial charge < -0.3 is 16.4 Å². The number of nitrogens with zero attached hydrogens (tertiary/aromatic N) is 3. The molecule has 0 aliphatic heterocycles. The van der Waals surface area contributed by atoms with Crippen LogP contribution in [0.1, 0.15) is 36.8 Å². The summed E-state index contributed by atoms with van der Waals surface area (Å²) in [7, 11) is 0. The first-order valence-electron chi connectivity index (χ1n) is 9.42. The molecule has 0 bridgehead atoms. The van der Waals surface area contributed by atoms with Crippen LogP contribution in [0, 0.1) is 23.0 Å². The van der Waals surface area contributed by atoms with E-state index in [1.165, 1.54) is 6.20 Å². The Labute approximate surface area is 169 Å². The van der Waals surface area contributed by atoms with E-state index in [0.717, 1.165) is 36.8 Å². The van der Waals surface area contributed by atoms with Crippen molar-refractivity contribution in [3.8, 4) is 0 Å². The Balaban J connectivity index is 1.68. The minimum atomic E-state index is -0.468. The van der Waals surface area contributed by atoms with Crippen molar-refractivity contribution in [2.45, 2.75) is 45.2 Å². The first kappa shape index (κ1) is 20.3. The average molecular weight is 405 g/mol. The summed E-state index contributed by atoms with van der Waals surface area (Å²) in [6.07, 6.45) is 5.26. The number of nitrogens with two attached hydrogens (primary N) is 1. The van der Waals surface area contributed by atoms with Gasteiger partial charge in [-0.3, -0.25) is 10.1 Å². The van der Waals surface area contributed by atoms with Crippen LogP contribution in [0.5, 0.6) is 0 Å². The van der Waals surface area contributed by atoms with Gasteiger partial charge >= 0.3 is 5.69 Å². The number of hydrogen-bond donors (Lipinski definition) is 3. The number of rotatable bonds is 7. The number of nitrogens with one attached hydrogen (secondary N) is 2. The fraction of sp³-hybridized carbons (Fsp3) is 0.474. The van der Waals surface area contributed by atoms with Crippen molar-refractivity contribution < 1.29 is 4.92 Å². The molecule has 1 heterocycles. The molecule has 0 unspecified atom stereocenters. The van der Waals surface area contributed by atoms with E-state index in [4.69, 9.17) is 17.3 Å². The Kier molecular flexibility index (Phi) is 6.64. The summed E-state index contributed by atoms with van der Waals surface area (Å²) in [5.74, 6) is 1.01. The summed E-state index contributed by atoms with van der Waals surface area (Å²) < 4.78 is 0. The summed E-state index contributed by atoms with van der Waals surface area (Å²) in [4.78, 5) is 19.3. The number of anilines is 2. The minimum Gasteiger partial charge on any atom is -0.364 e. The van der Waals surface area contributed by atoms with Gasteiger partial charge in [0.2, 0.25) is 11.8 Å². The normalized spacial score (nSPS) is 19.2. The lowest BCUT2D eigenvalue weighted by atomic mass is 9.86. The molecular weight excluding hydrogens is 380 g/mol. The fourth-order valence-electron chi connectivity index (χ4n) is 3.38. The Morgan fingerprint density at radius 1 is 1.29 bits per heavy atom. The molecule has 1 aromatic heterocycles. The SMILES string of the molecule is Cc1c(Cl)cccc1CNc1ncc([N+](=O)[O-])c(NC[C@H]2CC[C@H](N)CC2)n1. The number of aromatic nitrogens is 2. The molecule has 0 radical (unpaired) electrons. The Bertz CT molecular complexity index is 839. The van der Waals surface area contributed by atoms with E-state index >= 15 is 0 Å². The molecule has 0 amide bonds. The van der Waals surface area contributed by atoms with Crippen LogP contribution in [0.3, 0.4) is 0 Å². The van der Waals surface area contributed by atoms with Gasteiger partial charge in [0.1, 0.15) is 6.20 Å². The van der Waals surface area contributed by atoms with Crippen molar-refractivity contribution in [1.82, 2.24) is 9.97 Å². The highest BCUT2D eigenvalue weighted by molar-refractivity contribution is 6.31. The van der Waals surface area contributed by atoms with Gasteiger partial charge in [-0.1, -0.05) is 23.7 Å². The third-order valence-corrected chi connectivity index (χ3v) is 5.64. The summed E-state index contributed by atoms with van der Waals surface area (Å²) in [6, 6.07) is 5.96. The van der Waals surface area contributed by atoms with E-state index in [1.807, 2.05) is 25.1 Å². The number of hydrogen-bond acceptors (Lipinski definition) is 7. The van der Waals surface area contributed by atoms with E-state index in [-0.39, 0.29) is 17.5 Å². The van der Waals surface area contributed by atoms with Gasteiger partial charge in [-0.15, -0.1) is 0 Å². The second-order valence-electron chi connectivity index (χ2n) is 7.22. The number of benzene rings is 1. The lowest BCUT2D eigenvalue weighted by Crippen LogP contribution is -2.29. The quantitative estimate of drug-likeness (QED) is 0.473. The zero-order valence-electron chi connectivity index (χ0n) is 15.8. The molecule has 2 aromatic rings. The largest absolute Gasteiger partial charge is 0.364 e. The van der Waals surface area contributed by atoms with Crippen LogP contribution in [0.2, 0.25) is 5.02 Å². The maximum atomic E-state index is 11.3. The highest BCUT2D eigenvalue weighted by Crippen LogP contribution is 2.27. The topological polar surface area (TPSA) is 119 Å². The molecule has 1 fully saturated rings. The predicted molar refractivity (Wildman–Crippen MR) is 111 cm³/mol. The van der Waals surface area contributed by atoms with Gasteiger partial charge in [-0.2, -0.15) is 4.98 Å². The Hall–Kier alpha value is -2.45. The van der Waals surface area contributed by atoms with Crippen molar-refractivity contribution >= 4 is 29.1 Å². The van der Waals surface area contributed by atoms with Crippen molar-refractivity contribution in [3.63, 3.8) is 0 Å². The summed E-state index contributed by atoms with van der Waals surface area (Å²) >= 11 is 6.15. The predicted octanol–water partition coefficient (Wildman–Crippen LogP) is 3.89. The van der Waals surface area contributed by atoms with E-state index < -0.39 is 4.92 Å². The molecule has 3 rings (SSSR count). The van der Waals surface area contributed by atoms with Gasteiger partial charge in [0.15, 0.2) is 0 Å². The number of nitro groups is 1. The standard InChI is InChI=1S/C19H25ClN6O2/c1-12-14(3-2-4-16(12)20)10-23-19-24-11-17(26(27)28)18(25-19)22-9-13-5-7-15(21)8-6-13/h2-4,11,13,15H,5-10,21H2,1H3,(H2,22,23,24,25)/t13-,15-. The van der Waals surface area contributed by atoms with Crippen LogP contribution >= 0.6 is 11.6 Å². The molecule has 0 saturated heterocycles. The van der Waals surface area contributed by atoms with Crippen LogP contribution in [-0.2, 0) is 6.54 Å². The molecule has 150 valence electrons. The second-order valence-corrected chi connectivity index (χ2v) is 7.63. The molecule has 1 aliphatic carbocycles. The van der Waals surface area contributed by atoms with E-state index in [9.17, 15) is 10.1 Å². The molecule has 9 heteroatoms. The van der Waals surface area contributed by atoms with E-state index in [2.05, 4.69) is 20.6 Å². The second kappa shape index (κ2) is 9.16. The maximum absolute atomic E-state index is 11.3. The summed E-state index contributed by atoms with van der Waals surface area (Å²) in [5, 5.41) is 18.3. The zero-order chi connectivity index (χ0) is 20.1. The third kappa shape index (κ3) is 5.08. The molecule has 4 N–H and O–H groups in total. The highest BCUT2D eigenvalue weighted by Gasteiger charge is 2.21. The average Bonchev–Trinajstić information content (AvgIpc) is 2.68. The van der Waals surface area contributed by atoms with Gasteiger partial charge in [0.05, 0.1) is 4.92 Å². The van der Waals surface area contributed by atoms with Crippen LogP contribution in [0.4, 0.5) is 17.5 Å². The van der Waals surface area contributed by atoms with Gasteiger partial charge in [-0.05, 0) is 55.7 Å². The highest BCUT2D eigenvalue weighted by atomic mass is 35.5. The van der Waals surface area contributed by atoms with Crippen LogP contribution in [0.15, 0.2) is 24.4 Å². The molecule has 0 spiro atoms. The fourth-order valence-corrected chi connectivity index (χ4v) is 3.57. The molecule has 0 atom stereocenters. The smallest absolute Gasteiger partial charge is 0.329 e. The third-order valence-electron chi connectivity index (χ3n) is 5.23. The first-order valence-corrected chi connectivity index (χ1v) is 9.80. The lowest BCUT2D eigenvalue weighted by molar-refractivity contribution is -0.384. The molecule has 1 saturated carbocycles. The minimum absolute atomic E-state index is 0.128. The van der Waals surface area contributed by atoms with E-state index in [1.54, 1.807) is 0 Å². The van der Waals surface area contributed by atoms with Crippen molar-refractivity contribution in [1.29, 1.82) is 0 Å². The summed E-state index contributed by atoms with van der Waals surface area (Å²) in [6.45, 7) is 3.06. The zero-order valence-corrected chi connectivity index (χ0v) is 16.6. The number of halogens is 1. The molecular formula is C19H25ClN6O2. The maximum Gasteiger partial charge on any atom is 0.329 e. The molecule has 1 aromatic carbocycles.